The molecule has 11 nitrogen and oxygen atoms in total. The van der Waals surface area contributed by atoms with E-state index in [4.69, 9.17) is 42.6 Å². The largest absolute Gasteiger partial charge is 0.469 e. The van der Waals surface area contributed by atoms with Crippen molar-refractivity contribution in [2.75, 3.05) is 49.3 Å². The third-order valence-electron chi connectivity index (χ3n) is 12.1. The van der Waals surface area contributed by atoms with E-state index in [9.17, 15) is 9.59 Å². The van der Waals surface area contributed by atoms with Gasteiger partial charge in [0.1, 0.15) is 30.0 Å². The summed E-state index contributed by atoms with van der Waals surface area (Å²) in [5.74, 6) is -1.55. The van der Waals surface area contributed by atoms with Crippen LogP contribution in [0.15, 0.2) is 12.2 Å². The Kier molecular flexibility index (Phi) is 7.60. The summed E-state index contributed by atoms with van der Waals surface area (Å²) in [5, 5.41) is 0. The molecule has 13 atom stereocenters. The summed E-state index contributed by atoms with van der Waals surface area (Å²) in [6, 6.07) is 0. The lowest BCUT2D eigenvalue weighted by atomic mass is 9.59. The molecule has 0 N–H and O–H groups in total. The minimum absolute atomic E-state index is 0.0324. The van der Waals surface area contributed by atoms with Crippen LogP contribution >= 0.6 is 0 Å². The summed E-state index contributed by atoms with van der Waals surface area (Å²) in [4.78, 5) is 27.4. The Morgan fingerprint density at radius 1 is 0.976 bits per heavy atom. The summed E-state index contributed by atoms with van der Waals surface area (Å²) in [6.07, 6.45) is 0.783. The van der Waals surface area contributed by atoms with E-state index >= 15 is 0 Å². The average molecular weight is 595 g/mol. The van der Waals surface area contributed by atoms with Crippen LogP contribution in [0.1, 0.15) is 45.4 Å². The van der Waals surface area contributed by atoms with Crippen molar-refractivity contribution in [3.05, 3.63) is 12.2 Å². The van der Waals surface area contributed by atoms with Gasteiger partial charge in [-0.2, -0.15) is 0 Å². The molecule has 42 heavy (non-hydrogen) atoms. The molecule has 0 radical (unpaired) electrons. The first-order chi connectivity index (χ1) is 20.1. The fourth-order valence-electron chi connectivity index (χ4n) is 10.6. The van der Waals surface area contributed by atoms with Gasteiger partial charge in [-0.3, -0.25) is 9.59 Å². The van der Waals surface area contributed by atoms with Crippen LogP contribution < -0.4 is 0 Å². The molecule has 6 fully saturated rings. The molecule has 11 heteroatoms. The first-order valence-electron chi connectivity index (χ1n) is 15.0. The minimum Gasteiger partial charge on any atom is -0.469 e. The fraction of sp³-hybridized carbons (Fsp3) is 0.871. The van der Waals surface area contributed by atoms with Crippen LogP contribution in [0.3, 0.4) is 0 Å². The van der Waals surface area contributed by atoms with Crippen molar-refractivity contribution in [2.24, 2.45) is 28.6 Å². The molecular formula is C31H46O11. The van der Waals surface area contributed by atoms with Crippen LogP contribution in [0.5, 0.6) is 0 Å². The van der Waals surface area contributed by atoms with Crippen LogP contribution in [0.4, 0.5) is 0 Å². The van der Waals surface area contributed by atoms with Crippen molar-refractivity contribution in [2.45, 2.75) is 93.5 Å². The van der Waals surface area contributed by atoms with Crippen molar-refractivity contribution in [3.63, 3.8) is 0 Å². The van der Waals surface area contributed by atoms with Gasteiger partial charge in [-0.1, -0.05) is 6.58 Å². The van der Waals surface area contributed by atoms with Gasteiger partial charge in [0, 0.05) is 47.4 Å². The van der Waals surface area contributed by atoms with Crippen LogP contribution in [0.25, 0.3) is 0 Å². The zero-order valence-corrected chi connectivity index (χ0v) is 25.8. The Morgan fingerprint density at radius 2 is 1.69 bits per heavy atom. The molecule has 0 aromatic carbocycles. The highest BCUT2D eigenvalue weighted by molar-refractivity contribution is 5.86. The fourth-order valence-corrected chi connectivity index (χ4v) is 10.6. The maximum atomic E-state index is 13.8. The van der Waals surface area contributed by atoms with Crippen molar-refractivity contribution in [3.8, 4) is 0 Å². The van der Waals surface area contributed by atoms with Crippen LogP contribution in [-0.4, -0.2) is 109 Å². The predicted molar refractivity (Wildman–Crippen MR) is 146 cm³/mol. The van der Waals surface area contributed by atoms with E-state index in [1.54, 1.807) is 35.5 Å². The zero-order valence-electron chi connectivity index (χ0n) is 25.8. The number of hydrogen-bond donors (Lipinski definition) is 0. The van der Waals surface area contributed by atoms with Gasteiger partial charge in [-0.05, 0) is 56.4 Å². The molecule has 4 bridgehead atoms. The molecule has 0 aromatic heterocycles. The highest BCUT2D eigenvalue weighted by Crippen LogP contribution is 2.79. The minimum atomic E-state index is -0.951. The van der Waals surface area contributed by atoms with E-state index in [-0.39, 0.29) is 36.5 Å². The monoisotopic (exact) mass is 594 g/mol. The second-order valence-corrected chi connectivity index (χ2v) is 13.4. The van der Waals surface area contributed by atoms with E-state index < -0.39 is 58.7 Å². The van der Waals surface area contributed by atoms with Gasteiger partial charge in [-0.15, -0.1) is 0 Å². The van der Waals surface area contributed by atoms with E-state index in [0.717, 1.165) is 5.57 Å². The highest BCUT2D eigenvalue weighted by atomic mass is 16.7. The molecule has 1 spiro atoms. The molecule has 4 saturated carbocycles. The van der Waals surface area contributed by atoms with E-state index in [1.165, 1.54) is 7.11 Å². The summed E-state index contributed by atoms with van der Waals surface area (Å²) in [7, 11) is 9.50. The first-order valence-corrected chi connectivity index (χ1v) is 15.0. The predicted octanol–water partition coefficient (Wildman–Crippen LogP) is 2.43. The average Bonchev–Trinajstić information content (AvgIpc) is 3.40. The number of rotatable bonds is 9. The molecule has 4 aliphatic carbocycles. The molecule has 6 aliphatic rings. The second kappa shape index (κ2) is 10.5. The Balaban J connectivity index is 1.38. The zero-order chi connectivity index (χ0) is 30.2. The Labute approximate surface area is 247 Å². The van der Waals surface area contributed by atoms with Crippen LogP contribution in [0.2, 0.25) is 0 Å². The lowest BCUT2D eigenvalue weighted by Gasteiger charge is -2.50. The lowest BCUT2D eigenvalue weighted by molar-refractivity contribution is -0.335. The lowest BCUT2D eigenvalue weighted by Crippen LogP contribution is -2.63. The van der Waals surface area contributed by atoms with Gasteiger partial charge in [0.2, 0.25) is 0 Å². The van der Waals surface area contributed by atoms with E-state index in [0.29, 0.717) is 38.5 Å². The first kappa shape index (κ1) is 30.4. The van der Waals surface area contributed by atoms with Gasteiger partial charge < -0.3 is 42.6 Å². The summed E-state index contributed by atoms with van der Waals surface area (Å²) < 4.78 is 54.2. The van der Waals surface area contributed by atoms with Crippen molar-refractivity contribution in [1.82, 2.24) is 0 Å². The number of ether oxygens (including phenoxy) is 9. The Morgan fingerprint density at radius 3 is 2.31 bits per heavy atom. The van der Waals surface area contributed by atoms with Crippen molar-refractivity contribution in [1.29, 1.82) is 0 Å². The highest BCUT2D eigenvalue weighted by Gasteiger charge is 2.85. The maximum absolute atomic E-state index is 13.8. The molecule has 2 unspecified atom stereocenters. The SMILES string of the molecule is C=C1C[C@]23C[C@@]1(O[C@@H]1O[C@H](COC)[C@@H](OC)[C@H](OC)[C@H]1OC)CC[C@H]2[C@@]12CC[C@H](OC)C(C)(C(=O)O1)[C@H]2C3C(=O)OC. The van der Waals surface area contributed by atoms with Crippen molar-refractivity contribution >= 4 is 11.9 Å². The van der Waals surface area contributed by atoms with Crippen LogP contribution in [-0.2, 0) is 52.2 Å². The molecule has 0 amide bonds. The molecule has 2 heterocycles. The number of esters is 2. The van der Waals surface area contributed by atoms with E-state index in [1.807, 2.05) is 6.92 Å². The summed E-state index contributed by atoms with van der Waals surface area (Å²) in [5.41, 5.74) is -2.10. The van der Waals surface area contributed by atoms with Gasteiger partial charge in [0.15, 0.2) is 6.29 Å². The molecule has 2 saturated heterocycles. The summed E-state index contributed by atoms with van der Waals surface area (Å²) in [6.45, 7) is 6.74. The Hall–Kier alpha value is -1.60. The van der Waals surface area contributed by atoms with Gasteiger partial charge in [-0.25, -0.2) is 0 Å². The van der Waals surface area contributed by atoms with Gasteiger partial charge in [0.05, 0.1) is 36.8 Å². The number of fused-ring (bicyclic) bond motifs is 1. The number of carbonyl (C=O) groups excluding carboxylic acids is 2. The van der Waals surface area contributed by atoms with Crippen molar-refractivity contribution < 1.29 is 52.2 Å². The number of hydrogen-bond acceptors (Lipinski definition) is 11. The number of carbonyl (C=O) groups is 2. The topological polar surface area (TPSA) is 117 Å². The van der Waals surface area contributed by atoms with Gasteiger partial charge >= 0.3 is 11.9 Å². The molecular weight excluding hydrogens is 548 g/mol. The summed E-state index contributed by atoms with van der Waals surface area (Å²) >= 11 is 0. The second-order valence-electron chi connectivity index (χ2n) is 13.4. The maximum Gasteiger partial charge on any atom is 0.315 e. The standard InChI is InChI=1S/C31H46O11/c1-16-13-29-15-30(16,41-26-23(38-7)22(37-6)21(36-5)17(40-26)14-34-3)11-9-18(29)31-12-10-19(35-4)28(2,27(33)42-31)24(31)20(29)25(32)39-8/h17-24,26H,1,9-15H2,2-8H3/t17-,18-,19+,20?,21-,22+,23-,24-,26+,28?,29+,30+,31-/m1/s1. The third-order valence-corrected chi connectivity index (χ3v) is 12.1. The quantitative estimate of drug-likeness (QED) is 0.289. The molecule has 236 valence electrons. The van der Waals surface area contributed by atoms with Gasteiger partial charge in [0.25, 0.3) is 0 Å². The number of methoxy groups -OCH3 is 6. The molecule has 2 aliphatic heterocycles. The molecule has 0 aromatic rings. The molecule has 6 rings (SSSR count). The van der Waals surface area contributed by atoms with Crippen LogP contribution in [0, 0.1) is 28.6 Å². The van der Waals surface area contributed by atoms with E-state index in [2.05, 4.69) is 6.58 Å². The third kappa shape index (κ3) is 3.71. The smallest absolute Gasteiger partial charge is 0.315 e. The Bertz CT molecular complexity index is 1110. The normalized spacial score (nSPS) is 50.8.